The summed E-state index contributed by atoms with van der Waals surface area (Å²) >= 11 is 0. The lowest BCUT2D eigenvalue weighted by Crippen LogP contribution is -2.25. The molecular formula is C16H15N3O2. The number of pyridine rings is 1. The molecule has 0 atom stereocenters. The van der Waals surface area contributed by atoms with Crippen molar-refractivity contribution >= 4 is 23.2 Å². The highest BCUT2D eigenvalue weighted by Gasteiger charge is 2.22. The van der Waals surface area contributed by atoms with Gasteiger partial charge in [0.25, 0.3) is 5.91 Å². The van der Waals surface area contributed by atoms with Gasteiger partial charge in [-0.2, -0.15) is 0 Å². The fraction of sp³-hybridized carbons (Fsp3) is 0.188. The molecule has 2 aromatic rings. The molecule has 1 aliphatic heterocycles. The Balaban J connectivity index is 1.80. The Morgan fingerprint density at radius 1 is 1.29 bits per heavy atom. The van der Waals surface area contributed by atoms with E-state index in [0.29, 0.717) is 12.1 Å². The Bertz CT molecular complexity index is 698. The number of rotatable bonds is 2. The highest BCUT2D eigenvalue weighted by molar-refractivity contribution is 6.04. The molecule has 0 spiro atoms. The monoisotopic (exact) mass is 281 g/mol. The Labute approximate surface area is 122 Å². The van der Waals surface area contributed by atoms with Gasteiger partial charge in [0, 0.05) is 37.2 Å². The highest BCUT2D eigenvalue weighted by Crippen LogP contribution is 2.30. The van der Waals surface area contributed by atoms with Gasteiger partial charge in [0.15, 0.2) is 0 Å². The maximum atomic E-state index is 12.1. The second-order valence-electron chi connectivity index (χ2n) is 4.96. The number of fused-ring (bicyclic) bond motifs is 1. The fourth-order valence-corrected chi connectivity index (χ4v) is 2.51. The Kier molecular flexibility index (Phi) is 3.39. The van der Waals surface area contributed by atoms with Crippen molar-refractivity contribution in [3.8, 4) is 0 Å². The molecule has 106 valence electrons. The number of hydrogen-bond donors (Lipinski definition) is 1. The van der Waals surface area contributed by atoms with Crippen LogP contribution < -0.4 is 10.2 Å². The summed E-state index contributed by atoms with van der Waals surface area (Å²) in [7, 11) is 0. The molecule has 5 nitrogen and oxygen atoms in total. The lowest BCUT2D eigenvalue weighted by atomic mass is 10.1. The Morgan fingerprint density at radius 3 is 2.86 bits per heavy atom. The van der Waals surface area contributed by atoms with Gasteiger partial charge in [-0.15, -0.1) is 0 Å². The van der Waals surface area contributed by atoms with E-state index in [1.54, 1.807) is 30.2 Å². The predicted octanol–water partition coefficient (Wildman–Crippen LogP) is 2.24. The van der Waals surface area contributed by atoms with Crippen LogP contribution in [0, 0.1) is 0 Å². The molecule has 2 heterocycles. The SMILES string of the molecule is CC(=O)N1CCc2cc(NC(=O)c3cccnc3)ccc21. The standard InChI is InChI=1S/C16H15N3O2/c1-11(20)19-8-6-12-9-14(4-5-15(12)19)18-16(21)13-3-2-7-17-10-13/h2-5,7,9-10H,6,8H2,1H3,(H,18,21). The summed E-state index contributed by atoms with van der Waals surface area (Å²) in [5.74, 6) is -0.148. The molecule has 0 saturated carbocycles. The number of carbonyl (C=O) groups is 2. The molecule has 21 heavy (non-hydrogen) atoms. The smallest absolute Gasteiger partial charge is 0.257 e. The van der Waals surface area contributed by atoms with Crippen LogP contribution >= 0.6 is 0 Å². The third-order valence-electron chi connectivity index (χ3n) is 3.54. The van der Waals surface area contributed by atoms with E-state index in [0.717, 1.165) is 23.4 Å². The second-order valence-corrected chi connectivity index (χ2v) is 4.96. The minimum absolute atomic E-state index is 0.0425. The van der Waals surface area contributed by atoms with Gasteiger partial charge in [-0.1, -0.05) is 0 Å². The number of nitrogens with zero attached hydrogens (tertiary/aromatic N) is 2. The van der Waals surface area contributed by atoms with Gasteiger partial charge in [-0.05, 0) is 42.3 Å². The first-order valence-electron chi connectivity index (χ1n) is 6.77. The topological polar surface area (TPSA) is 62.3 Å². The second kappa shape index (κ2) is 5.36. The number of aromatic nitrogens is 1. The van der Waals surface area contributed by atoms with Crippen LogP contribution in [0.4, 0.5) is 11.4 Å². The van der Waals surface area contributed by atoms with E-state index in [9.17, 15) is 9.59 Å². The Hall–Kier alpha value is -2.69. The molecular weight excluding hydrogens is 266 g/mol. The van der Waals surface area contributed by atoms with Crippen molar-refractivity contribution in [2.75, 3.05) is 16.8 Å². The van der Waals surface area contributed by atoms with Gasteiger partial charge in [-0.25, -0.2) is 0 Å². The van der Waals surface area contributed by atoms with E-state index in [1.807, 2.05) is 18.2 Å². The average molecular weight is 281 g/mol. The summed E-state index contributed by atoms with van der Waals surface area (Å²) < 4.78 is 0. The van der Waals surface area contributed by atoms with Gasteiger partial charge in [-0.3, -0.25) is 14.6 Å². The average Bonchev–Trinajstić information content (AvgIpc) is 2.91. The number of amides is 2. The largest absolute Gasteiger partial charge is 0.322 e. The van der Waals surface area contributed by atoms with Crippen molar-refractivity contribution in [2.45, 2.75) is 13.3 Å². The first-order chi connectivity index (χ1) is 10.1. The minimum Gasteiger partial charge on any atom is -0.322 e. The van der Waals surface area contributed by atoms with Crippen LogP contribution in [0.3, 0.4) is 0 Å². The number of benzene rings is 1. The van der Waals surface area contributed by atoms with Crippen molar-refractivity contribution in [1.82, 2.24) is 4.98 Å². The molecule has 2 amide bonds. The van der Waals surface area contributed by atoms with E-state index >= 15 is 0 Å². The van der Waals surface area contributed by atoms with Crippen LogP contribution in [0.5, 0.6) is 0 Å². The van der Waals surface area contributed by atoms with Crippen LogP contribution in [0.25, 0.3) is 0 Å². The first-order valence-corrected chi connectivity index (χ1v) is 6.77. The Morgan fingerprint density at radius 2 is 2.14 bits per heavy atom. The third kappa shape index (κ3) is 2.63. The summed E-state index contributed by atoms with van der Waals surface area (Å²) in [6.45, 7) is 2.26. The molecule has 1 aromatic heterocycles. The van der Waals surface area contributed by atoms with E-state index in [1.165, 1.54) is 6.20 Å². The predicted molar refractivity (Wildman–Crippen MR) is 80.4 cm³/mol. The third-order valence-corrected chi connectivity index (χ3v) is 3.54. The van der Waals surface area contributed by atoms with Crippen molar-refractivity contribution < 1.29 is 9.59 Å². The minimum atomic E-state index is -0.190. The molecule has 1 N–H and O–H groups in total. The van der Waals surface area contributed by atoms with Gasteiger partial charge in [0.1, 0.15) is 0 Å². The lowest BCUT2D eigenvalue weighted by molar-refractivity contribution is -0.116. The molecule has 5 heteroatoms. The van der Waals surface area contributed by atoms with Crippen molar-refractivity contribution in [3.05, 3.63) is 53.9 Å². The number of nitrogens with one attached hydrogen (secondary N) is 1. The van der Waals surface area contributed by atoms with Gasteiger partial charge in [0.2, 0.25) is 5.91 Å². The summed E-state index contributed by atoms with van der Waals surface area (Å²) in [5, 5.41) is 2.85. The van der Waals surface area contributed by atoms with Crippen LogP contribution in [0.1, 0.15) is 22.8 Å². The highest BCUT2D eigenvalue weighted by atomic mass is 16.2. The molecule has 0 fully saturated rings. The van der Waals surface area contributed by atoms with Gasteiger partial charge >= 0.3 is 0 Å². The molecule has 0 bridgehead atoms. The van der Waals surface area contributed by atoms with Gasteiger partial charge < -0.3 is 10.2 Å². The summed E-state index contributed by atoms with van der Waals surface area (Å²) in [6, 6.07) is 9.05. The molecule has 0 unspecified atom stereocenters. The van der Waals surface area contributed by atoms with Crippen LogP contribution in [-0.2, 0) is 11.2 Å². The zero-order chi connectivity index (χ0) is 14.8. The fourth-order valence-electron chi connectivity index (χ4n) is 2.51. The molecule has 0 aliphatic carbocycles. The van der Waals surface area contributed by atoms with E-state index in [4.69, 9.17) is 0 Å². The maximum Gasteiger partial charge on any atom is 0.257 e. The molecule has 1 aromatic carbocycles. The molecule has 0 radical (unpaired) electrons. The quantitative estimate of drug-likeness (QED) is 0.918. The van der Waals surface area contributed by atoms with Crippen molar-refractivity contribution in [3.63, 3.8) is 0 Å². The van der Waals surface area contributed by atoms with E-state index in [-0.39, 0.29) is 11.8 Å². The van der Waals surface area contributed by atoms with Crippen molar-refractivity contribution in [1.29, 1.82) is 0 Å². The zero-order valence-corrected chi connectivity index (χ0v) is 11.7. The number of carbonyl (C=O) groups excluding carboxylic acids is 2. The van der Waals surface area contributed by atoms with Crippen LogP contribution in [0.2, 0.25) is 0 Å². The van der Waals surface area contributed by atoms with Gasteiger partial charge in [0.05, 0.1) is 5.56 Å². The van der Waals surface area contributed by atoms with Crippen LogP contribution in [0.15, 0.2) is 42.7 Å². The molecule has 0 saturated heterocycles. The summed E-state index contributed by atoms with van der Waals surface area (Å²) in [5.41, 5.74) is 3.26. The number of hydrogen-bond acceptors (Lipinski definition) is 3. The van der Waals surface area contributed by atoms with E-state index in [2.05, 4.69) is 10.3 Å². The zero-order valence-electron chi connectivity index (χ0n) is 11.7. The first kappa shape index (κ1) is 13.3. The lowest BCUT2D eigenvalue weighted by Gasteiger charge is -2.15. The van der Waals surface area contributed by atoms with Crippen LogP contribution in [-0.4, -0.2) is 23.3 Å². The summed E-state index contributed by atoms with van der Waals surface area (Å²) in [4.78, 5) is 29.3. The van der Waals surface area contributed by atoms with E-state index < -0.39 is 0 Å². The molecule has 3 rings (SSSR count). The van der Waals surface area contributed by atoms with Crippen molar-refractivity contribution in [2.24, 2.45) is 0 Å². The summed E-state index contributed by atoms with van der Waals surface area (Å²) in [6.07, 6.45) is 3.97. The molecule has 1 aliphatic rings. The number of anilines is 2. The normalized spacial score (nSPS) is 12.9. The maximum absolute atomic E-state index is 12.1.